The number of pyridine rings is 1. The smallest absolute Gasteiger partial charge is 0.119 e. The molecule has 0 spiro atoms. The molecule has 0 unspecified atom stereocenters. The quantitative estimate of drug-likeness (QED) is 0.754. The van der Waals surface area contributed by atoms with Crippen LogP contribution in [0.4, 0.5) is 5.69 Å². The number of methoxy groups -OCH3 is 1. The van der Waals surface area contributed by atoms with E-state index in [9.17, 15) is 0 Å². The van der Waals surface area contributed by atoms with E-state index in [1.54, 1.807) is 7.11 Å². The minimum Gasteiger partial charge on any atom is -0.497 e. The SMILES string of the molecule is CCN(CC)CCC[C@H](C)Nc1ccnc2ccc(OC)cc12. The summed E-state index contributed by atoms with van der Waals surface area (Å²) in [5, 5.41) is 4.75. The van der Waals surface area contributed by atoms with Gasteiger partial charge < -0.3 is 15.0 Å². The molecule has 0 fully saturated rings. The third-order valence-electron chi connectivity index (χ3n) is 4.36. The lowest BCUT2D eigenvalue weighted by Crippen LogP contribution is -2.25. The molecule has 1 atom stereocenters. The number of hydrogen-bond acceptors (Lipinski definition) is 4. The number of anilines is 1. The van der Waals surface area contributed by atoms with E-state index in [4.69, 9.17) is 4.74 Å². The van der Waals surface area contributed by atoms with Gasteiger partial charge in [0, 0.05) is 23.3 Å². The van der Waals surface area contributed by atoms with Crippen LogP contribution in [0.15, 0.2) is 30.5 Å². The van der Waals surface area contributed by atoms with Crippen molar-refractivity contribution in [3.05, 3.63) is 30.5 Å². The van der Waals surface area contributed by atoms with Crippen LogP contribution < -0.4 is 10.1 Å². The van der Waals surface area contributed by atoms with Crippen LogP contribution in [-0.2, 0) is 0 Å². The topological polar surface area (TPSA) is 37.4 Å². The van der Waals surface area contributed by atoms with Gasteiger partial charge in [0.1, 0.15) is 5.75 Å². The Morgan fingerprint density at radius 2 is 2.00 bits per heavy atom. The highest BCUT2D eigenvalue weighted by atomic mass is 16.5. The first-order valence-corrected chi connectivity index (χ1v) is 8.59. The van der Waals surface area contributed by atoms with Gasteiger partial charge in [0.05, 0.1) is 12.6 Å². The number of ether oxygens (including phenoxy) is 1. The molecule has 0 aliphatic rings. The Bertz CT molecular complexity index is 611. The van der Waals surface area contributed by atoms with E-state index in [1.165, 1.54) is 13.0 Å². The largest absolute Gasteiger partial charge is 0.497 e. The molecule has 0 bridgehead atoms. The molecule has 0 amide bonds. The molecule has 1 aromatic heterocycles. The number of hydrogen-bond donors (Lipinski definition) is 1. The lowest BCUT2D eigenvalue weighted by molar-refractivity contribution is 0.295. The van der Waals surface area contributed by atoms with Crippen LogP contribution in [0.1, 0.15) is 33.6 Å². The van der Waals surface area contributed by atoms with Gasteiger partial charge in [0.25, 0.3) is 0 Å². The van der Waals surface area contributed by atoms with Crippen molar-refractivity contribution in [3.8, 4) is 5.75 Å². The molecule has 1 N–H and O–H groups in total. The Morgan fingerprint density at radius 3 is 2.70 bits per heavy atom. The highest BCUT2D eigenvalue weighted by Gasteiger charge is 2.08. The minimum atomic E-state index is 0.433. The fourth-order valence-corrected chi connectivity index (χ4v) is 2.88. The van der Waals surface area contributed by atoms with Gasteiger partial charge in [-0.1, -0.05) is 13.8 Å². The zero-order valence-corrected chi connectivity index (χ0v) is 14.8. The number of rotatable bonds is 9. The Hall–Kier alpha value is -1.81. The highest BCUT2D eigenvalue weighted by Crippen LogP contribution is 2.26. The van der Waals surface area contributed by atoms with Crippen LogP contribution in [0, 0.1) is 0 Å². The maximum Gasteiger partial charge on any atom is 0.119 e. The highest BCUT2D eigenvalue weighted by molar-refractivity contribution is 5.92. The number of aromatic nitrogens is 1. The summed E-state index contributed by atoms with van der Waals surface area (Å²) in [6, 6.07) is 8.48. The summed E-state index contributed by atoms with van der Waals surface area (Å²) < 4.78 is 5.34. The van der Waals surface area contributed by atoms with Crippen LogP contribution in [0.25, 0.3) is 10.9 Å². The van der Waals surface area contributed by atoms with Crippen molar-refractivity contribution in [2.75, 3.05) is 32.1 Å². The molecule has 2 rings (SSSR count). The molecule has 0 aliphatic heterocycles. The van der Waals surface area contributed by atoms with Crippen molar-refractivity contribution < 1.29 is 4.74 Å². The van der Waals surface area contributed by atoms with Gasteiger partial charge >= 0.3 is 0 Å². The van der Waals surface area contributed by atoms with E-state index in [2.05, 4.69) is 36.0 Å². The predicted molar refractivity (Wildman–Crippen MR) is 98.4 cm³/mol. The van der Waals surface area contributed by atoms with E-state index in [1.807, 2.05) is 30.5 Å². The zero-order valence-electron chi connectivity index (χ0n) is 14.8. The lowest BCUT2D eigenvalue weighted by atomic mass is 10.1. The first-order chi connectivity index (χ1) is 11.2. The van der Waals surface area contributed by atoms with Gasteiger partial charge in [-0.2, -0.15) is 0 Å². The second-order valence-corrected chi connectivity index (χ2v) is 5.96. The van der Waals surface area contributed by atoms with Gasteiger partial charge in [0.2, 0.25) is 0 Å². The van der Waals surface area contributed by atoms with Crippen molar-refractivity contribution in [2.24, 2.45) is 0 Å². The molecule has 4 nitrogen and oxygen atoms in total. The van der Waals surface area contributed by atoms with Crippen molar-refractivity contribution in [2.45, 2.75) is 39.7 Å². The van der Waals surface area contributed by atoms with Crippen LogP contribution in [0.3, 0.4) is 0 Å². The molecule has 1 heterocycles. The van der Waals surface area contributed by atoms with E-state index in [0.29, 0.717) is 6.04 Å². The minimum absolute atomic E-state index is 0.433. The van der Waals surface area contributed by atoms with Gasteiger partial charge in [0.15, 0.2) is 0 Å². The third-order valence-corrected chi connectivity index (χ3v) is 4.36. The first-order valence-electron chi connectivity index (χ1n) is 8.59. The molecule has 2 aromatic rings. The summed E-state index contributed by atoms with van der Waals surface area (Å²) in [4.78, 5) is 6.90. The Labute approximate surface area is 139 Å². The molecule has 0 saturated carbocycles. The lowest BCUT2D eigenvalue weighted by Gasteiger charge is -2.20. The van der Waals surface area contributed by atoms with Crippen LogP contribution in [0.2, 0.25) is 0 Å². The Morgan fingerprint density at radius 1 is 1.22 bits per heavy atom. The summed E-state index contributed by atoms with van der Waals surface area (Å²) in [6.07, 6.45) is 4.23. The average Bonchev–Trinajstić information content (AvgIpc) is 2.58. The van der Waals surface area contributed by atoms with E-state index < -0.39 is 0 Å². The monoisotopic (exact) mass is 315 g/mol. The zero-order chi connectivity index (χ0) is 16.7. The summed E-state index contributed by atoms with van der Waals surface area (Å²) >= 11 is 0. The van der Waals surface area contributed by atoms with Crippen LogP contribution in [-0.4, -0.2) is 42.7 Å². The maximum absolute atomic E-state index is 5.34. The van der Waals surface area contributed by atoms with Gasteiger partial charge in [-0.3, -0.25) is 4.98 Å². The number of nitrogens with zero attached hydrogens (tertiary/aromatic N) is 2. The standard InChI is InChI=1S/C19H29N3O/c1-5-22(6-2)13-7-8-15(3)21-19-11-12-20-18-10-9-16(23-4)14-17(18)19/h9-12,14-15H,5-8,13H2,1-4H3,(H,20,21)/t15-/m0/s1. The van der Waals surface area contributed by atoms with Crippen molar-refractivity contribution in [3.63, 3.8) is 0 Å². The van der Waals surface area contributed by atoms with E-state index in [0.717, 1.165) is 41.9 Å². The Balaban J connectivity index is 2.00. The fraction of sp³-hybridized carbons (Fsp3) is 0.526. The first kappa shape index (κ1) is 17.5. The molecule has 4 heteroatoms. The van der Waals surface area contributed by atoms with Crippen LogP contribution in [0.5, 0.6) is 5.75 Å². The summed E-state index contributed by atoms with van der Waals surface area (Å²) in [5.74, 6) is 0.864. The third kappa shape index (κ3) is 4.83. The normalized spacial score (nSPS) is 12.6. The van der Waals surface area contributed by atoms with Crippen molar-refractivity contribution in [1.29, 1.82) is 0 Å². The van der Waals surface area contributed by atoms with Gasteiger partial charge in [-0.15, -0.1) is 0 Å². The molecule has 0 aliphatic carbocycles. The van der Waals surface area contributed by atoms with E-state index in [-0.39, 0.29) is 0 Å². The van der Waals surface area contributed by atoms with Crippen molar-refractivity contribution in [1.82, 2.24) is 9.88 Å². The molecule has 23 heavy (non-hydrogen) atoms. The van der Waals surface area contributed by atoms with E-state index >= 15 is 0 Å². The summed E-state index contributed by atoms with van der Waals surface area (Å²) in [6.45, 7) is 10.1. The van der Waals surface area contributed by atoms with Crippen LogP contribution >= 0.6 is 0 Å². The summed E-state index contributed by atoms with van der Waals surface area (Å²) in [7, 11) is 1.69. The fourth-order valence-electron chi connectivity index (χ4n) is 2.88. The predicted octanol–water partition coefficient (Wildman–Crippen LogP) is 4.17. The second-order valence-electron chi connectivity index (χ2n) is 5.96. The van der Waals surface area contributed by atoms with Crippen molar-refractivity contribution >= 4 is 16.6 Å². The van der Waals surface area contributed by atoms with Gasteiger partial charge in [-0.25, -0.2) is 0 Å². The molecule has 0 saturated heterocycles. The molecule has 1 aromatic carbocycles. The number of nitrogens with one attached hydrogen (secondary N) is 1. The number of fused-ring (bicyclic) bond motifs is 1. The molecular weight excluding hydrogens is 286 g/mol. The molecular formula is C19H29N3O. The maximum atomic E-state index is 5.34. The molecule has 126 valence electrons. The second kappa shape index (κ2) is 8.73. The molecule has 0 radical (unpaired) electrons. The number of benzene rings is 1. The summed E-state index contributed by atoms with van der Waals surface area (Å²) in [5.41, 5.74) is 2.12. The average molecular weight is 315 g/mol. The Kier molecular flexibility index (Phi) is 6.66. The van der Waals surface area contributed by atoms with Gasteiger partial charge in [-0.05, 0) is 63.7 Å².